The maximum atomic E-state index is 12.8. The van der Waals surface area contributed by atoms with E-state index >= 15 is 0 Å². The average molecular weight is 255 g/mol. The predicted octanol–water partition coefficient (Wildman–Crippen LogP) is 3.60. The van der Waals surface area contributed by atoms with Crippen LogP contribution in [0.3, 0.4) is 0 Å². The fraction of sp³-hybridized carbons (Fsp3) is 0.250. The molecular formula is C12H12F3N3. The number of aromatic nitrogens is 2. The van der Waals surface area contributed by atoms with E-state index in [-0.39, 0.29) is 5.56 Å². The fourth-order valence-electron chi connectivity index (χ4n) is 1.79. The number of anilines is 1. The molecule has 2 rings (SSSR count). The highest BCUT2D eigenvalue weighted by Gasteiger charge is 2.34. The molecule has 0 fully saturated rings. The first-order valence-corrected chi connectivity index (χ1v) is 5.40. The number of H-pyrrole nitrogens is 1. The molecule has 1 heterocycles. The lowest BCUT2D eigenvalue weighted by atomic mass is 10.0. The van der Waals surface area contributed by atoms with E-state index in [2.05, 4.69) is 15.5 Å². The molecule has 0 aliphatic heterocycles. The van der Waals surface area contributed by atoms with Crippen LogP contribution in [0.1, 0.15) is 24.1 Å². The standard InChI is InChI=1S/C12H12F3N3/c1-8(18-9-6-16-17-7-9)10-4-2-3-5-11(10)12(13,14)15/h2-8,18H,1H3,(H,16,17). The highest BCUT2D eigenvalue weighted by atomic mass is 19.4. The number of halogens is 3. The largest absolute Gasteiger partial charge is 0.416 e. The smallest absolute Gasteiger partial charge is 0.376 e. The van der Waals surface area contributed by atoms with Gasteiger partial charge in [-0.15, -0.1) is 0 Å². The first-order valence-electron chi connectivity index (χ1n) is 5.40. The zero-order valence-electron chi connectivity index (χ0n) is 9.62. The molecule has 0 saturated carbocycles. The summed E-state index contributed by atoms with van der Waals surface area (Å²) >= 11 is 0. The Morgan fingerprint density at radius 1 is 1.28 bits per heavy atom. The fourth-order valence-corrected chi connectivity index (χ4v) is 1.79. The van der Waals surface area contributed by atoms with E-state index in [9.17, 15) is 13.2 Å². The van der Waals surface area contributed by atoms with E-state index in [0.717, 1.165) is 6.07 Å². The number of alkyl halides is 3. The average Bonchev–Trinajstić information content (AvgIpc) is 2.80. The Morgan fingerprint density at radius 2 is 2.00 bits per heavy atom. The van der Waals surface area contributed by atoms with E-state index in [1.54, 1.807) is 19.2 Å². The molecule has 1 aromatic carbocycles. The first-order chi connectivity index (χ1) is 8.48. The first kappa shape index (κ1) is 12.5. The molecule has 0 amide bonds. The van der Waals surface area contributed by atoms with Crippen LogP contribution in [0.25, 0.3) is 0 Å². The number of benzene rings is 1. The van der Waals surface area contributed by atoms with Gasteiger partial charge < -0.3 is 5.32 Å². The molecule has 1 aromatic heterocycles. The topological polar surface area (TPSA) is 40.7 Å². The summed E-state index contributed by atoms with van der Waals surface area (Å²) in [4.78, 5) is 0. The molecule has 96 valence electrons. The molecule has 0 aliphatic rings. The second-order valence-electron chi connectivity index (χ2n) is 3.94. The number of hydrogen-bond acceptors (Lipinski definition) is 2. The van der Waals surface area contributed by atoms with E-state index in [1.165, 1.54) is 18.3 Å². The van der Waals surface area contributed by atoms with Crippen LogP contribution in [0, 0.1) is 0 Å². The normalized spacial score (nSPS) is 13.3. The minimum atomic E-state index is -4.34. The highest BCUT2D eigenvalue weighted by molar-refractivity contribution is 5.43. The van der Waals surface area contributed by atoms with Crippen molar-refractivity contribution >= 4 is 5.69 Å². The quantitative estimate of drug-likeness (QED) is 0.879. The monoisotopic (exact) mass is 255 g/mol. The number of aromatic amines is 1. The Morgan fingerprint density at radius 3 is 2.61 bits per heavy atom. The summed E-state index contributed by atoms with van der Waals surface area (Å²) in [6.07, 6.45) is -1.23. The van der Waals surface area contributed by atoms with Crippen molar-refractivity contribution in [3.05, 3.63) is 47.8 Å². The maximum absolute atomic E-state index is 12.8. The third-order valence-electron chi connectivity index (χ3n) is 2.61. The summed E-state index contributed by atoms with van der Waals surface area (Å²) in [7, 11) is 0. The molecule has 6 heteroatoms. The summed E-state index contributed by atoms with van der Waals surface area (Å²) in [5.74, 6) is 0. The summed E-state index contributed by atoms with van der Waals surface area (Å²) < 4.78 is 38.5. The SMILES string of the molecule is CC(Nc1cn[nH]c1)c1ccccc1C(F)(F)F. The molecule has 1 atom stereocenters. The van der Waals surface area contributed by atoms with Crippen LogP contribution in [-0.2, 0) is 6.18 Å². The Kier molecular flexibility index (Phi) is 3.27. The van der Waals surface area contributed by atoms with Crippen LogP contribution in [-0.4, -0.2) is 10.2 Å². The van der Waals surface area contributed by atoms with Gasteiger partial charge in [0.25, 0.3) is 0 Å². The van der Waals surface area contributed by atoms with Gasteiger partial charge >= 0.3 is 6.18 Å². The van der Waals surface area contributed by atoms with Gasteiger partial charge in [-0.3, -0.25) is 5.10 Å². The van der Waals surface area contributed by atoms with Gasteiger partial charge in [0, 0.05) is 12.2 Å². The zero-order chi connectivity index (χ0) is 13.2. The predicted molar refractivity (Wildman–Crippen MR) is 62.1 cm³/mol. The van der Waals surface area contributed by atoms with E-state index in [1.807, 2.05) is 0 Å². The van der Waals surface area contributed by atoms with Gasteiger partial charge in [-0.05, 0) is 18.6 Å². The molecule has 1 unspecified atom stereocenters. The van der Waals surface area contributed by atoms with Crippen molar-refractivity contribution in [2.75, 3.05) is 5.32 Å². The minimum absolute atomic E-state index is 0.214. The molecule has 0 spiro atoms. The van der Waals surface area contributed by atoms with Gasteiger partial charge in [0.1, 0.15) is 0 Å². The lowest BCUT2D eigenvalue weighted by molar-refractivity contribution is -0.138. The second-order valence-corrected chi connectivity index (χ2v) is 3.94. The molecule has 0 aliphatic carbocycles. The number of rotatable bonds is 3. The number of nitrogens with one attached hydrogen (secondary N) is 2. The van der Waals surface area contributed by atoms with Gasteiger partial charge in [0.2, 0.25) is 0 Å². The Hall–Kier alpha value is -1.98. The molecule has 0 radical (unpaired) electrons. The molecular weight excluding hydrogens is 243 g/mol. The second kappa shape index (κ2) is 4.72. The van der Waals surface area contributed by atoms with Crippen LogP contribution >= 0.6 is 0 Å². The van der Waals surface area contributed by atoms with Gasteiger partial charge in [-0.1, -0.05) is 18.2 Å². The summed E-state index contributed by atoms with van der Waals surface area (Å²) in [6.45, 7) is 1.68. The van der Waals surface area contributed by atoms with Gasteiger partial charge in [-0.2, -0.15) is 18.3 Å². The van der Waals surface area contributed by atoms with Crippen molar-refractivity contribution in [2.24, 2.45) is 0 Å². The lowest BCUT2D eigenvalue weighted by Crippen LogP contribution is -2.14. The van der Waals surface area contributed by atoms with E-state index < -0.39 is 17.8 Å². The van der Waals surface area contributed by atoms with E-state index in [0.29, 0.717) is 5.69 Å². The van der Waals surface area contributed by atoms with Crippen LogP contribution < -0.4 is 5.32 Å². The van der Waals surface area contributed by atoms with Gasteiger partial charge in [0.15, 0.2) is 0 Å². The summed E-state index contributed by atoms with van der Waals surface area (Å²) in [5.41, 5.74) is 0.249. The van der Waals surface area contributed by atoms with Crippen molar-refractivity contribution in [1.29, 1.82) is 0 Å². The molecule has 3 nitrogen and oxygen atoms in total. The van der Waals surface area contributed by atoms with Crippen molar-refractivity contribution in [1.82, 2.24) is 10.2 Å². The third kappa shape index (κ3) is 2.64. The molecule has 2 N–H and O–H groups in total. The van der Waals surface area contributed by atoms with Crippen molar-refractivity contribution in [3.8, 4) is 0 Å². The number of hydrogen-bond donors (Lipinski definition) is 2. The van der Waals surface area contributed by atoms with Crippen molar-refractivity contribution in [3.63, 3.8) is 0 Å². The molecule has 2 aromatic rings. The Bertz CT molecular complexity index is 506. The van der Waals surface area contributed by atoms with Gasteiger partial charge in [-0.25, -0.2) is 0 Å². The van der Waals surface area contributed by atoms with Crippen LogP contribution in [0.4, 0.5) is 18.9 Å². The third-order valence-corrected chi connectivity index (χ3v) is 2.61. The van der Waals surface area contributed by atoms with Crippen molar-refractivity contribution in [2.45, 2.75) is 19.1 Å². The van der Waals surface area contributed by atoms with Crippen LogP contribution in [0.2, 0.25) is 0 Å². The lowest BCUT2D eigenvalue weighted by Gasteiger charge is -2.19. The van der Waals surface area contributed by atoms with E-state index in [4.69, 9.17) is 0 Å². The minimum Gasteiger partial charge on any atom is -0.376 e. The van der Waals surface area contributed by atoms with Crippen molar-refractivity contribution < 1.29 is 13.2 Å². The molecule has 0 bridgehead atoms. The zero-order valence-corrected chi connectivity index (χ0v) is 9.62. The van der Waals surface area contributed by atoms with Gasteiger partial charge in [0.05, 0.1) is 17.4 Å². The highest BCUT2D eigenvalue weighted by Crippen LogP contribution is 2.35. The Balaban J connectivity index is 2.27. The Labute approximate surface area is 102 Å². The van der Waals surface area contributed by atoms with Crippen LogP contribution in [0.15, 0.2) is 36.7 Å². The van der Waals surface area contributed by atoms with Crippen LogP contribution in [0.5, 0.6) is 0 Å². The molecule has 0 saturated heterocycles. The summed E-state index contributed by atoms with van der Waals surface area (Å²) in [6, 6.07) is 5.08. The molecule has 18 heavy (non-hydrogen) atoms. The number of nitrogens with zero attached hydrogens (tertiary/aromatic N) is 1. The summed E-state index contributed by atoms with van der Waals surface area (Å²) in [5, 5.41) is 9.28. The maximum Gasteiger partial charge on any atom is 0.416 e.